The quantitative estimate of drug-likeness (QED) is 0.813. The van der Waals surface area contributed by atoms with E-state index in [0.717, 1.165) is 25.9 Å². The van der Waals surface area contributed by atoms with E-state index in [-0.39, 0.29) is 6.04 Å². The number of aliphatic carboxylic acids is 1. The first kappa shape index (κ1) is 13.8. The molecule has 5 heteroatoms. The molecule has 2 saturated heterocycles. The van der Waals surface area contributed by atoms with Gasteiger partial charge < -0.3 is 14.6 Å². The molecule has 0 aliphatic carbocycles. The Morgan fingerprint density at radius 2 is 2.22 bits per heavy atom. The van der Waals surface area contributed by atoms with E-state index in [1.807, 2.05) is 7.05 Å². The summed E-state index contributed by atoms with van der Waals surface area (Å²) in [5.41, 5.74) is 0. The predicted molar refractivity (Wildman–Crippen MR) is 66.5 cm³/mol. The van der Waals surface area contributed by atoms with Crippen LogP contribution in [0, 0.1) is 5.92 Å². The van der Waals surface area contributed by atoms with Crippen molar-refractivity contribution >= 4 is 5.97 Å². The number of ether oxygens (including phenoxy) is 2. The van der Waals surface area contributed by atoms with Gasteiger partial charge in [-0.15, -0.1) is 0 Å². The van der Waals surface area contributed by atoms with Crippen LogP contribution >= 0.6 is 0 Å². The Morgan fingerprint density at radius 1 is 1.44 bits per heavy atom. The van der Waals surface area contributed by atoms with Gasteiger partial charge in [0.2, 0.25) is 0 Å². The number of carboxylic acid groups (broad SMARTS) is 1. The highest BCUT2D eigenvalue weighted by molar-refractivity contribution is 5.71. The monoisotopic (exact) mass is 257 g/mol. The molecule has 2 fully saturated rings. The topological polar surface area (TPSA) is 59.0 Å². The first-order valence-corrected chi connectivity index (χ1v) is 6.77. The maximum atomic E-state index is 11.2. The van der Waals surface area contributed by atoms with E-state index in [1.165, 1.54) is 0 Å². The lowest BCUT2D eigenvalue weighted by atomic mass is 9.95. The van der Waals surface area contributed by atoms with Crippen molar-refractivity contribution in [3.63, 3.8) is 0 Å². The van der Waals surface area contributed by atoms with E-state index in [1.54, 1.807) is 0 Å². The van der Waals surface area contributed by atoms with Gasteiger partial charge in [0.05, 0.1) is 25.2 Å². The normalized spacial score (nSPS) is 37.1. The van der Waals surface area contributed by atoms with Crippen LogP contribution in [0.3, 0.4) is 0 Å². The van der Waals surface area contributed by atoms with E-state index >= 15 is 0 Å². The van der Waals surface area contributed by atoms with Crippen LogP contribution in [0.25, 0.3) is 0 Å². The van der Waals surface area contributed by atoms with Gasteiger partial charge in [-0.3, -0.25) is 9.69 Å². The molecule has 4 unspecified atom stereocenters. The molecule has 2 aliphatic rings. The molecule has 0 aromatic carbocycles. The molecular weight excluding hydrogens is 234 g/mol. The molecule has 0 radical (unpaired) electrons. The second-order valence-corrected chi connectivity index (χ2v) is 5.29. The van der Waals surface area contributed by atoms with Gasteiger partial charge in [-0.1, -0.05) is 6.92 Å². The zero-order valence-corrected chi connectivity index (χ0v) is 11.2. The minimum atomic E-state index is -0.747. The lowest BCUT2D eigenvalue weighted by Gasteiger charge is -2.38. The predicted octanol–water partition coefficient (Wildman–Crippen LogP) is 0.975. The number of likely N-dealkylation sites (N-methyl/N-ethyl adjacent to an activating group) is 1. The van der Waals surface area contributed by atoms with Gasteiger partial charge in [0, 0.05) is 18.7 Å². The molecule has 0 aromatic heterocycles. The maximum Gasteiger partial charge on any atom is 0.310 e. The van der Waals surface area contributed by atoms with Gasteiger partial charge in [-0.2, -0.15) is 0 Å². The Morgan fingerprint density at radius 3 is 2.89 bits per heavy atom. The third kappa shape index (κ3) is 2.84. The van der Waals surface area contributed by atoms with Crippen molar-refractivity contribution in [1.82, 2.24) is 4.90 Å². The Kier molecular flexibility index (Phi) is 4.59. The largest absolute Gasteiger partial charge is 0.481 e. The van der Waals surface area contributed by atoms with Gasteiger partial charge >= 0.3 is 5.97 Å². The van der Waals surface area contributed by atoms with Gasteiger partial charge in [0.25, 0.3) is 0 Å². The molecule has 0 aromatic rings. The van der Waals surface area contributed by atoms with Crippen molar-refractivity contribution in [2.45, 2.75) is 44.4 Å². The molecule has 2 rings (SSSR count). The third-order valence-electron chi connectivity index (χ3n) is 4.26. The van der Waals surface area contributed by atoms with Crippen LogP contribution < -0.4 is 0 Å². The molecule has 0 spiro atoms. The summed E-state index contributed by atoms with van der Waals surface area (Å²) in [6.07, 6.45) is 3.32. The van der Waals surface area contributed by atoms with Crippen LogP contribution in [0.15, 0.2) is 0 Å². The average Bonchev–Trinajstić information content (AvgIpc) is 2.87. The fourth-order valence-electron chi connectivity index (χ4n) is 2.97. The Labute approximate surface area is 108 Å². The first-order chi connectivity index (χ1) is 8.63. The Bertz CT molecular complexity index is 297. The molecule has 18 heavy (non-hydrogen) atoms. The van der Waals surface area contributed by atoms with Crippen molar-refractivity contribution in [2.24, 2.45) is 5.92 Å². The summed E-state index contributed by atoms with van der Waals surface area (Å²) >= 11 is 0. The Hall–Kier alpha value is -0.650. The van der Waals surface area contributed by atoms with Gasteiger partial charge in [-0.25, -0.2) is 0 Å². The van der Waals surface area contributed by atoms with Gasteiger partial charge in [0.1, 0.15) is 0 Å². The second-order valence-electron chi connectivity index (χ2n) is 5.29. The van der Waals surface area contributed by atoms with Gasteiger partial charge in [-0.05, 0) is 26.3 Å². The van der Waals surface area contributed by atoms with Crippen LogP contribution in [0.4, 0.5) is 0 Å². The Balaban J connectivity index is 1.97. The van der Waals surface area contributed by atoms with Crippen LogP contribution in [0.5, 0.6) is 0 Å². The lowest BCUT2D eigenvalue weighted by molar-refractivity contribution is -0.143. The maximum absolute atomic E-state index is 11.2. The van der Waals surface area contributed by atoms with Gasteiger partial charge in [0.15, 0.2) is 0 Å². The van der Waals surface area contributed by atoms with Crippen LogP contribution in [-0.2, 0) is 14.3 Å². The van der Waals surface area contributed by atoms with E-state index in [2.05, 4.69) is 11.8 Å². The van der Waals surface area contributed by atoms with E-state index in [4.69, 9.17) is 9.47 Å². The molecule has 104 valence electrons. The molecule has 0 saturated carbocycles. The summed E-state index contributed by atoms with van der Waals surface area (Å²) < 4.78 is 11.0. The number of hydrogen-bond donors (Lipinski definition) is 1. The summed E-state index contributed by atoms with van der Waals surface area (Å²) in [6, 6.07) is 0.417. The highest BCUT2D eigenvalue weighted by Gasteiger charge is 2.39. The molecular formula is C13H23NO4. The number of nitrogens with zero attached hydrogens (tertiary/aromatic N) is 1. The van der Waals surface area contributed by atoms with Crippen molar-refractivity contribution in [1.29, 1.82) is 0 Å². The van der Waals surface area contributed by atoms with E-state index < -0.39 is 11.9 Å². The minimum absolute atomic E-state index is 0.00288. The molecule has 2 aliphatic heterocycles. The fourth-order valence-corrected chi connectivity index (χ4v) is 2.97. The summed E-state index contributed by atoms with van der Waals surface area (Å²) in [7, 11) is 2.03. The van der Waals surface area contributed by atoms with E-state index in [9.17, 15) is 9.90 Å². The molecule has 1 N–H and O–H groups in total. The molecule has 4 atom stereocenters. The number of rotatable bonds is 4. The minimum Gasteiger partial charge on any atom is -0.481 e. The molecule has 5 nitrogen and oxygen atoms in total. The molecule has 0 bridgehead atoms. The number of carbonyl (C=O) groups is 1. The molecule has 0 amide bonds. The van der Waals surface area contributed by atoms with E-state index in [0.29, 0.717) is 25.4 Å². The smallest absolute Gasteiger partial charge is 0.310 e. The highest BCUT2D eigenvalue weighted by Crippen LogP contribution is 2.26. The summed E-state index contributed by atoms with van der Waals surface area (Å²) in [6.45, 7) is 3.77. The first-order valence-electron chi connectivity index (χ1n) is 6.77. The zero-order valence-electron chi connectivity index (χ0n) is 11.2. The fraction of sp³-hybridized carbons (Fsp3) is 0.923. The average molecular weight is 257 g/mol. The second kappa shape index (κ2) is 5.99. The number of carboxylic acids is 1. The number of hydrogen-bond acceptors (Lipinski definition) is 4. The van der Waals surface area contributed by atoms with Crippen molar-refractivity contribution in [3.05, 3.63) is 0 Å². The van der Waals surface area contributed by atoms with Crippen molar-refractivity contribution < 1.29 is 19.4 Å². The zero-order chi connectivity index (χ0) is 13.1. The standard InChI is InChI=1S/C13H23NO4/c1-3-10-6-9(4-5-18-10)14(2)12-8-17-7-11(12)13(15)16/h9-12H,3-8H2,1-2H3,(H,15,16). The summed E-state index contributed by atoms with van der Waals surface area (Å²) in [5, 5.41) is 9.20. The third-order valence-corrected chi connectivity index (χ3v) is 4.26. The van der Waals surface area contributed by atoms with Crippen LogP contribution in [0.1, 0.15) is 26.2 Å². The van der Waals surface area contributed by atoms with Crippen LogP contribution in [-0.4, -0.2) is 61.0 Å². The molecule has 2 heterocycles. The van der Waals surface area contributed by atoms with Crippen molar-refractivity contribution in [3.8, 4) is 0 Å². The lowest BCUT2D eigenvalue weighted by Crippen LogP contribution is -2.49. The highest BCUT2D eigenvalue weighted by atomic mass is 16.5. The summed E-state index contributed by atoms with van der Waals surface area (Å²) in [4.78, 5) is 13.4. The van der Waals surface area contributed by atoms with Crippen molar-refractivity contribution in [2.75, 3.05) is 26.9 Å². The SMILES string of the molecule is CCC1CC(N(C)C2COCC2C(=O)O)CCO1. The summed E-state index contributed by atoms with van der Waals surface area (Å²) in [5.74, 6) is -1.14. The van der Waals surface area contributed by atoms with Crippen LogP contribution in [0.2, 0.25) is 0 Å².